The zero-order valence-corrected chi connectivity index (χ0v) is 13.8. The van der Waals surface area contributed by atoms with E-state index in [9.17, 15) is 40.3 Å². The lowest BCUT2D eigenvalue weighted by atomic mass is 9.97. The van der Waals surface area contributed by atoms with Crippen molar-refractivity contribution in [3.8, 4) is 11.1 Å². The maximum atomic E-state index is 12.2. The van der Waals surface area contributed by atoms with E-state index in [2.05, 4.69) is 9.89 Å². The molecule has 0 spiro atoms. The highest BCUT2D eigenvalue weighted by Gasteiger charge is 2.39. The summed E-state index contributed by atoms with van der Waals surface area (Å²) in [5.74, 6) is -1.03. The van der Waals surface area contributed by atoms with Crippen LogP contribution in [0.1, 0.15) is 21.5 Å². The Morgan fingerprint density at radius 3 is 1.93 bits per heavy atom. The standard InChI is InChI=1S/C15H8N4O9/c1-28-15(20)10-4-6(17(22)23)2-8-12(10)13-9(14(8)16-21)3-7(18(24)25)5-11(13)19(26)27/h2-5,21H,1H3. The molecule has 0 radical (unpaired) electrons. The van der Waals surface area contributed by atoms with Crippen LogP contribution in [0.2, 0.25) is 0 Å². The first-order valence-corrected chi connectivity index (χ1v) is 7.32. The van der Waals surface area contributed by atoms with E-state index in [0.717, 1.165) is 25.3 Å². The number of carbonyl (C=O) groups is 1. The van der Waals surface area contributed by atoms with Crippen molar-refractivity contribution in [2.75, 3.05) is 7.11 Å². The van der Waals surface area contributed by atoms with Gasteiger partial charge in [0.25, 0.3) is 17.1 Å². The zero-order chi connectivity index (χ0) is 20.7. The van der Waals surface area contributed by atoms with Gasteiger partial charge in [-0.1, -0.05) is 5.16 Å². The van der Waals surface area contributed by atoms with Crippen LogP contribution in [-0.2, 0) is 4.74 Å². The van der Waals surface area contributed by atoms with Crippen LogP contribution >= 0.6 is 0 Å². The van der Waals surface area contributed by atoms with E-state index < -0.39 is 37.8 Å². The molecular weight excluding hydrogens is 380 g/mol. The van der Waals surface area contributed by atoms with Crippen molar-refractivity contribution in [3.05, 3.63) is 71.3 Å². The third-order valence-corrected chi connectivity index (χ3v) is 4.11. The average molecular weight is 388 g/mol. The average Bonchev–Trinajstić information content (AvgIpc) is 2.98. The molecule has 0 saturated carbocycles. The molecular formula is C15H8N4O9. The number of fused-ring (bicyclic) bond motifs is 3. The minimum absolute atomic E-state index is 0.151. The van der Waals surface area contributed by atoms with Gasteiger partial charge < -0.3 is 9.94 Å². The van der Waals surface area contributed by atoms with E-state index in [1.165, 1.54) is 0 Å². The largest absolute Gasteiger partial charge is 0.465 e. The molecule has 2 aromatic carbocycles. The second-order valence-corrected chi connectivity index (χ2v) is 5.51. The Morgan fingerprint density at radius 2 is 1.46 bits per heavy atom. The van der Waals surface area contributed by atoms with Crippen LogP contribution in [0, 0.1) is 30.3 Å². The summed E-state index contributed by atoms with van der Waals surface area (Å²) < 4.78 is 4.60. The van der Waals surface area contributed by atoms with Crippen molar-refractivity contribution in [2.24, 2.45) is 5.16 Å². The molecule has 0 fully saturated rings. The fourth-order valence-electron chi connectivity index (χ4n) is 3.02. The maximum absolute atomic E-state index is 12.2. The van der Waals surface area contributed by atoms with Crippen LogP contribution in [0.25, 0.3) is 11.1 Å². The molecule has 0 atom stereocenters. The summed E-state index contributed by atoms with van der Waals surface area (Å²) in [6, 6.07) is 3.42. The molecule has 0 amide bonds. The van der Waals surface area contributed by atoms with Crippen molar-refractivity contribution in [1.82, 2.24) is 0 Å². The fourth-order valence-corrected chi connectivity index (χ4v) is 3.02. The summed E-state index contributed by atoms with van der Waals surface area (Å²) >= 11 is 0. The molecule has 13 nitrogen and oxygen atoms in total. The molecule has 3 rings (SSSR count). The number of esters is 1. The van der Waals surface area contributed by atoms with Gasteiger partial charge in [-0.15, -0.1) is 0 Å². The van der Waals surface area contributed by atoms with Crippen LogP contribution in [0.3, 0.4) is 0 Å². The molecule has 28 heavy (non-hydrogen) atoms. The van der Waals surface area contributed by atoms with Gasteiger partial charge in [-0.3, -0.25) is 30.3 Å². The van der Waals surface area contributed by atoms with Crippen LogP contribution in [0.4, 0.5) is 17.1 Å². The van der Waals surface area contributed by atoms with E-state index in [-0.39, 0.29) is 33.5 Å². The number of nitro groups is 3. The second-order valence-electron chi connectivity index (χ2n) is 5.51. The van der Waals surface area contributed by atoms with E-state index in [4.69, 9.17) is 0 Å². The van der Waals surface area contributed by atoms with Gasteiger partial charge in [0.15, 0.2) is 0 Å². The summed E-state index contributed by atoms with van der Waals surface area (Å²) in [6.45, 7) is 0. The molecule has 1 aliphatic rings. The molecule has 0 heterocycles. The van der Waals surface area contributed by atoms with E-state index >= 15 is 0 Å². The highest BCUT2D eigenvalue weighted by Crippen LogP contribution is 2.47. The van der Waals surface area contributed by atoms with Gasteiger partial charge in [0, 0.05) is 34.9 Å². The van der Waals surface area contributed by atoms with E-state index in [1.807, 2.05) is 0 Å². The highest BCUT2D eigenvalue weighted by atomic mass is 16.6. The Labute approximate surface area is 153 Å². The molecule has 142 valence electrons. The lowest BCUT2D eigenvalue weighted by Crippen LogP contribution is -2.07. The SMILES string of the molecule is COC(=O)c1cc([N+](=O)[O-])cc2c1-c1c(cc([N+](=O)[O-])cc1[N+](=O)[O-])C2=NO. The smallest absolute Gasteiger partial charge is 0.338 e. The molecule has 0 unspecified atom stereocenters. The molecule has 0 saturated heterocycles. The number of hydrogen-bond acceptors (Lipinski definition) is 10. The summed E-state index contributed by atoms with van der Waals surface area (Å²) in [5, 5.41) is 46.2. The minimum Gasteiger partial charge on any atom is -0.465 e. The number of carbonyl (C=O) groups excluding carboxylic acids is 1. The van der Waals surface area contributed by atoms with Gasteiger partial charge in [0.2, 0.25) is 0 Å². The van der Waals surface area contributed by atoms with Crippen molar-refractivity contribution in [3.63, 3.8) is 0 Å². The number of ether oxygens (including phenoxy) is 1. The first kappa shape index (κ1) is 18.4. The van der Waals surface area contributed by atoms with Crippen molar-refractivity contribution < 1.29 is 29.5 Å². The van der Waals surface area contributed by atoms with Gasteiger partial charge in [-0.05, 0) is 0 Å². The quantitative estimate of drug-likeness (QED) is 0.303. The van der Waals surface area contributed by atoms with Crippen LogP contribution in [0.15, 0.2) is 29.4 Å². The Hall–Kier alpha value is -4.42. The first-order valence-electron chi connectivity index (χ1n) is 7.32. The van der Waals surface area contributed by atoms with Crippen molar-refractivity contribution in [2.45, 2.75) is 0 Å². The molecule has 1 N–H and O–H groups in total. The zero-order valence-electron chi connectivity index (χ0n) is 13.8. The van der Waals surface area contributed by atoms with Gasteiger partial charge in [-0.25, -0.2) is 4.79 Å². The summed E-state index contributed by atoms with van der Waals surface area (Å²) in [5.41, 5.74) is -3.51. The van der Waals surface area contributed by atoms with E-state index in [0.29, 0.717) is 6.07 Å². The van der Waals surface area contributed by atoms with Crippen molar-refractivity contribution in [1.29, 1.82) is 0 Å². The predicted molar refractivity (Wildman–Crippen MR) is 90.6 cm³/mol. The number of nitro benzene ring substituents is 3. The second kappa shape index (κ2) is 6.39. The lowest BCUT2D eigenvalue weighted by Gasteiger charge is -2.08. The molecule has 0 aliphatic heterocycles. The molecule has 0 aromatic heterocycles. The number of benzene rings is 2. The van der Waals surface area contributed by atoms with Gasteiger partial charge in [-0.2, -0.15) is 0 Å². The van der Waals surface area contributed by atoms with Gasteiger partial charge in [0.1, 0.15) is 5.71 Å². The molecule has 1 aliphatic carbocycles. The van der Waals surface area contributed by atoms with Crippen LogP contribution in [0.5, 0.6) is 0 Å². The molecule has 13 heteroatoms. The third kappa shape index (κ3) is 2.57. The Kier molecular flexibility index (Phi) is 4.19. The van der Waals surface area contributed by atoms with Crippen LogP contribution < -0.4 is 0 Å². The normalized spacial score (nSPS) is 13.0. The Balaban J connectivity index is 2.52. The number of nitrogens with zero attached hydrogens (tertiary/aromatic N) is 4. The number of non-ortho nitro benzene ring substituents is 2. The Morgan fingerprint density at radius 1 is 0.929 bits per heavy atom. The number of rotatable bonds is 4. The number of methoxy groups -OCH3 is 1. The minimum atomic E-state index is -1.03. The summed E-state index contributed by atoms with van der Waals surface area (Å²) in [4.78, 5) is 43.4. The van der Waals surface area contributed by atoms with Gasteiger partial charge >= 0.3 is 5.97 Å². The number of oxime groups is 1. The predicted octanol–water partition coefficient (Wildman–Crippen LogP) is 2.40. The molecule has 0 bridgehead atoms. The monoisotopic (exact) mass is 388 g/mol. The van der Waals surface area contributed by atoms with Crippen molar-refractivity contribution >= 4 is 28.7 Å². The maximum Gasteiger partial charge on any atom is 0.338 e. The van der Waals surface area contributed by atoms with Crippen LogP contribution in [-0.4, -0.2) is 38.8 Å². The third-order valence-electron chi connectivity index (χ3n) is 4.11. The fraction of sp³-hybridized carbons (Fsp3) is 0.0667. The number of hydrogen-bond donors (Lipinski definition) is 1. The lowest BCUT2D eigenvalue weighted by molar-refractivity contribution is -0.393. The van der Waals surface area contributed by atoms with E-state index in [1.54, 1.807) is 0 Å². The van der Waals surface area contributed by atoms with Gasteiger partial charge in [0.05, 0.1) is 39.1 Å². The summed E-state index contributed by atoms with van der Waals surface area (Å²) in [7, 11) is 1.01. The first-order chi connectivity index (χ1) is 13.2. The topological polar surface area (TPSA) is 188 Å². The summed E-state index contributed by atoms with van der Waals surface area (Å²) in [6.07, 6.45) is 0. The highest BCUT2D eigenvalue weighted by molar-refractivity contribution is 6.28. The Bertz CT molecular complexity index is 1120. The molecule has 2 aromatic rings.